The molecule has 0 aliphatic heterocycles. The highest BCUT2D eigenvalue weighted by atomic mass is 33.1. The average Bonchev–Trinajstić information content (AvgIpc) is 2.69. The van der Waals surface area contributed by atoms with Gasteiger partial charge in [0.1, 0.15) is 6.04 Å². The summed E-state index contributed by atoms with van der Waals surface area (Å²) in [6.45, 7) is 5.42. The van der Waals surface area contributed by atoms with Crippen molar-refractivity contribution in [1.82, 2.24) is 10.6 Å². The molecule has 0 radical (unpaired) electrons. The second-order valence-corrected chi connectivity index (χ2v) is 9.52. The standard InChI is InChI=1S/C21H24N2O3S2/c1-15(24)23-18(19(25)22-14-16-10-6-4-7-11-16)21(2,3)28-27-20(26)17-12-8-5-9-13-17/h4-13,18H,14H2,1-3H3,(H,22,25)(H,23,24). The lowest BCUT2D eigenvalue weighted by atomic mass is 10.0. The van der Waals surface area contributed by atoms with Crippen LogP contribution in [0.25, 0.3) is 0 Å². The van der Waals surface area contributed by atoms with Gasteiger partial charge in [-0.15, -0.1) is 0 Å². The first-order valence-electron chi connectivity index (χ1n) is 8.83. The Balaban J connectivity index is 2.03. The molecule has 0 fully saturated rings. The number of carbonyl (C=O) groups is 3. The zero-order chi connectivity index (χ0) is 20.6. The SMILES string of the molecule is CC(=O)NC(C(=O)NCc1ccccc1)C(C)(C)SSC(=O)c1ccccc1. The van der Waals surface area contributed by atoms with Crippen LogP contribution in [0.2, 0.25) is 0 Å². The molecule has 2 amide bonds. The molecule has 2 aromatic rings. The van der Waals surface area contributed by atoms with E-state index in [2.05, 4.69) is 10.6 Å². The third kappa shape index (κ3) is 6.73. The maximum atomic E-state index is 12.8. The van der Waals surface area contributed by atoms with Gasteiger partial charge in [0.15, 0.2) is 0 Å². The van der Waals surface area contributed by atoms with E-state index in [1.165, 1.54) is 17.7 Å². The molecule has 0 saturated heterocycles. The van der Waals surface area contributed by atoms with Crippen LogP contribution in [0, 0.1) is 0 Å². The van der Waals surface area contributed by atoms with Crippen LogP contribution in [-0.4, -0.2) is 27.7 Å². The van der Waals surface area contributed by atoms with Gasteiger partial charge in [-0.1, -0.05) is 71.5 Å². The molecule has 1 atom stereocenters. The summed E-state index contributed by atoms with van der Waals surface area (Å²) in [6.07, 6.45) is 0. The van der Waals surface area contributed by atoms with Crippen LogP contribution in [0.3, 0.4) is 0 Å². The van der Waals surface area contributed by atoms with Gasteiger partial charge in [-0.25, -0.2) is 0 Å². The van der Waals surface area contributed by atoms with Crippen molar-refractivity contribution in [3.05, 3.63) is 71.8 Å². The molecule has 2 N–H and O–H groups in total. The van der Waals surface area contributed by atoms with Crippen LogP contribution in [0.15, 0.2) is 60.7 Å². The predicted molar refractivity (Wildman–Crippen MR) is 116 cm³/mol. The first-order valence-corrected chi connectivity index (χ1v) is 11.0. The molecule has 148 valence electrons. The number of rotatable bonds is 8. The Labute approximate surface area is 173 Å². The molecule has 0 bridgehead atoms. The fraction of sp³-hybridized carbons (Fsp3) is 0.286. The minimum absolute atomic E-state index is 0.0926. The van der Waals surface area contributed by atoms with E-state index in [9.17, 15) is 14.4 Å². The van der Waals surface area contributed by atoms with Crippen LogP contribution >= 0.6 is 21.6 Å². The molecule has 0 aliphatic carbocycles. The molecule has 2 aromatic carbocycles. The second-order valence-electron chi connectivity index (χ2n) is 6.76. The largest absolute Gasteiger partial charge is 0.350 e. The normalized spacial score (nSPS) is 12.1. The maximum absolute atomic E-state index is 12.8. The number of hydrogen-bond acceptors (Lipinski definition) is 5. The van der Waals surface area contributed by atoms with Crippen molar-refractivity contribution in [2.45, 2.75) is 38.1 Å². The molecule has 7 heteroatoms. The number of nitrogens with one attached hydrogen (secondary N) is 2. The van der Waals surface area contributed by atoms with Gasteiger partial charge in [0, 0.05) is 19.0 Å². The van der Waals surface area contributed by atoms with E-state index in [4.69, 9.17) is 0 Å². The molecule has 0 saturated carbocycles. The van der Waals surface area contributed by atoms with E-state index in [1.54, 1.807) is 24.3 Å². The van der Waals surface area contributed by atoms with E-state index >= 15 is 0 Å². The highest BCUT2D eigenvalue weighted by molar-refractivity contribution is 8.82. The molecule has 28 heavy (non-hydrogen) atoms. The number of benzene rings is 2. The summed E-state index contributed by atoms with van der Waals surface area (Å²) < 4.78 is -0.707. The quantitative estimate of drug-likeness (QED) is 0.640. The van der Waals surface area contributed by atoms with E-state index in [0.29, 0.717) is 12.1 Å². The van der Waals surface area contributed by atoms with Crippen molar-refractivity contribution in [1.29, 1.82) is 0 Å². The molecular formula is C21H24N2O3S2. The summed E-state index contributed by atoms with van der Waals surface area (Å²) in [7, 11) is 2.34. The van der Waals surface area contributed by atoms with Gasteiger partial charge in [-0.2, -0.15) is 0 Å². The van der Waals surface area contributed by atoms with Gasteiger partial charge in [0.2, 0.25) is 16.9 Å². The Kier molecular flexibility index (Phi) is 8.14. The highest BCUT2D eigenvalue weighted by Gasteiger charge is 2.37. The Hall–Kier alpha value is -2.25. The minimum Gasteiger partial charge on any atom is -0.350 e. The lowest BCUT2D eigenvalue weighted by molar-refractivity contribution is -0.128. The van der Waals surface area contributed by atoms with Gasteiger partial charge in [-0.3, -0.25) is 14.4 Å². The lowest BCUT2D eigenvalue weighted by Gasteiger charge is -2.32. The zero-order valence-corrected chi connectivity index (χ0v) is 17.7. The van der Waals surface area contributed by atoms with Crippen molar-refractivity contribution in [2.24, 2.45) is 0 Å². The first-order chi connectivity index (χ1) is 13.3. The van der Waals surface area contributed by atoms with E-state index in [1.807, 2.05) is 50.2 Å². The summed E-state index contributed by atoms with van der Waals surface area (Å²) in [5, 5.41) is 5.50. The van der Waals surface area contributed by atoms with Crippen molar-refractivity contribution in [2.75, 3.05) is 0 Å². The van der Waals surface area contributed by atoms with Crippen LogP contribution in [-0.2, 0) is 16.1 Å². The zero-order valence-electron chi connectivity index (χ0n) is 16.1. The number of amides is 2. The molecule has 5 nitrogen and oxygen atoms in total. The van der Waals surface area contributed by atoms with Gasteiger partial charge >= 0.3 is 0 Å². The fourth-order valence-corrected chi connectivity index (χ4v) is 4.69. The van der Waals surface area contributed by atoms with Gasteiger partial charge in [-0.05, 0) is 30.2 Å². The van der Waals surface area contributed by atoms with E-state index < -0.39 is 10.8 Å². The predicted octanol–water partition coefficient (Wildman–Crippen LogP) is 3.81. The smallest absolute Gasteiger partial charge is 0.244 e. The summed E-state index contributed by atoms with van der Waals surface area (Å²) >= 11 is 0. The highest BCUT2D eigenvalue weighted by Crippen LogP contribution is 2.40. The van der Waals surface area contributed by atoms with Crippen LogP contribution in [0.1, 0.15) is 36.7 Å². The monoisotopic (exact) mass is 416 g/mol. The third-order valence-electron chi connectivity index (χ3n) is 3.96. The van der Waals surface area contributed by atoms with Gasteiger partial charge in [0.05, 0.1) is 4.75 Å². The van der Waals surface area contributed by atoms with Crippen molar-refractivity contribution < 1.29 is 14.4 Å². The average molecular weight is 417 g/mol. The lowest BCUT2D eigenvalue weighted by Crippen LogP contribution is -2.55. The molecule has 0 spiro atoms. The molecule has 2 rings (SSSR count). The van der Waals surface area contributed by atoms with E-state index in [0.717, 1.165) is 16.4 Å². The summed E-state index contributed by atoms with van der Waals surface area (Å²) in [5.74, 6) is -0.586. The molecule has 0 aromatic heterocycles. The third-order valence-corrected chi connectivity index (χ3v) is 7.08. The summed E-state index contributed by atoms with van der Waals surface area (Å²) in [6, 6.07) is 17.7. The Morgan fingerprint density at radius 2 is 1.54 bits per heavy atom. The Bertz CT molecular complexity index is 811. The summed E-state index contributed by atoms with van der Waals surface area (Å²) in [5.41, 5.74) is 1.57. The van der Waals surface area contributed by atoms with Crippen molar-refractivity contribution in [3.63, 3.8) is 0 Å². The van der Waals surface area contributed by atoms with Crippen LogP contribution in [0.5, 0.6) is 0 Å². The van der Waals surface area contributed by atoms with E-state index in [-0.39, 0.29) is 16.9 Å². The Morgan fingerprint density at radius 3 is 2.11 bits per heavy atom. The number of carbonyl (C=O) groups excluding carboxylic acids is 3. The first kappa shape index (κ1) is 22.0. The van der Waals surface area contributed by atoms with Gasteiger partial charge in [0.25, 0.3) is 0 Å². The molecule has 1 unspecified atom stereocenters. The topological polar surface area (TPSA) is 75.3 Å². The Morgan fingerprint density at radius 1 is 0.964 bits per heavy atom. The number of hydrogen-bond donors (Lipinski definition) is 2. The molecule has 0 heterocycles. The maximum Gasteiger partial charge on any atom is 0.244 e. The molecule has 0 aliphatic rings. The fourth-order valence-electron chi connectivity index (χ4n) is 2.46. The van der Waals surface area contributed by atoms with Gasteiger partial charge < -0.3 is 10.6 Å². The summed E-state index contributed by atoms with van der Waals surface area (Å²) in [4.78, 5) is 36.8. The van der Waals surface area contributed by atoms with Crippen molar-refractivity contribution in [3.8, 4) is 0 Å². The van der Waals surface area contributed by atoms with Crippen LogP contribution < -0.4 is 10.6 Å². The second kappa shape index (κ2) is 10.3. The minimum atomic E-state index is -0.783. The van der Waals surface area contributed by atoms with Crippen LogP contribution in [0.4, 0.5) is 0 Å². The molecular weight excluding hydrogens is 392 g/mol. The van der Waals surface area contributed by atoms with Crippen molar-refractivity contribution >= 4 is 38.5 Å².